The van der Waals surface area contributed by atoms with Gasteiger partial charge in [-0.1, -0.05) is 44.5 Å². The molecule has 0 saturated heterocycles. The second-order valence-electron chi connectivity index (χ2n) is 7.31. The summed E-state index contributed by atoms with van der Waals surface area (Å²) in [4.78, 5) is 0. The van der Waals surface area contributed by atoms with Crippen LogP contribution in [0.5, 0.6) is 0 Å². The molecule has 0 fully saturated rings. The monoisotopic (exact) mass is 394 g/mol. The zero-order valence-electron chi connectivity index (χ0n) is 17.4. The van der Waals surface area contributed by atoms with E-state index in [2.05, 4.69) is 31.2 Å². The van der Waals surface area contributed by atoms with Crippen molar-refractivity contribution < 1.29 is 23.0 Å². The normalized spacial score (nSPS) is 17.1. The number of benzene rings is 1. The van der Waals surface area contributed by atoms with Gasteiger partial charge in [0.25, 0.3) is 0 Å². The standard InChI is InChI=1S/C23H32F2O3/c1-5-6-7-18-8-10-19(11-9-18)15-28-17(3)27-14-16(2)20-12-13-21(26-4)23(25)22(20)24/h8-11,16-17H,5-7,12-15H2,1-4H3. The highest BCUT2D eigenvalue weighted by atomic mass is 19.2. The van der Waals surface area contributed by atoms with E-state index in [-0.39, 0.29) is 18.3 Å². The highest BCUT2D eigenvalue weighted by Gasteiger charge is 2.26. The first-order valence-electron chi connectivity index (χ1n) is 10.1. The number of allylic oxidation sites excluding steroid dienone is 3. The van der Waals surface area contributed by atoms with E-state index in [1.807, 2.05) is 13.8 Å². The quantitative estimate of drug-likeness (QED) is 0.407. The van der Waals surface area contributed by atoms with Crippen molar-refractivity contribution in [3.8, 4) is 0 Å². The molecule has 0 heterocycles. The van der Waals surface area contributed by atoms with Crippen molar-refractivity contribution in [3.05, 3.63) is 58.4 Å². The predicted molar refractivity (Wildman–Crippen MR) is 107 cm³/mol. The Hall–Kier alpha value is -1.72. The molecule has 0 spiro atoms. The van der Waals surface area contributed by atoms with Gasteiger partial charge in [-0.15, -0.1) is 0 Å². The first-order valence-corrected chi connectivity index (χ1v) is 10.1. The summed E-state index contributed by atoms with van der Waals surface area (Å²) >= 11 is 0. The van der Waals surface area contributed by atoms with Crippen molar-refractivity contribution in [2.24, 2.45) is 5.92 Å². The molecule has 1 aromatic rings. The van der Waals surface area contributed by atoms with Crippen LogP contribution in [0.15, 0.2) is 47.3 Å². The molecule has 1 aliphatic carbocycles. The highest BCUT2D eigenvalue weighted by molar-refractivity contribution is 5.33. The Balaban J connectivity index is 1.78. The van der Waals surface area contributed by atoms with Crippen LogP contribution in [0.25, 0.3) is 0 Å². The van der Waals surface area contributed by atoms with Gasteiger partial charge in [0.1, 0.15) is 5.76 Å². The largest absolute Gasteiger partial charge is 0.498 e. The molecule has 2 atom stereocenters. The molecule has 3 nitrogen and oxygen atoms in total. The minimum atomic E-state index is -0.887. The fourth-order valence-corrected chi connectivity index (χ4v) is 3.21. The average Bonchev–Trinajstić information content (AvgIpc) is 2.71. The van der Waals surface area contributed by atoms with Gasteiger partial charge >= 0.3 is 0 Å². The van der Waals surface area contributed by atoms with E-state index < -0.39 is 17.9 Å². The van der Waals surface area contributed by atoms with E-state index in [9.17, 15) is 8.78 Å². The molecule has 2 unspecified atom stereocenters. The minimum absolute atomic E-state index is 0.0757. The van der Waals surface area contributed by atoms with Gasteiger partial charge in [0.15, 0.2) is 17.9 Å². The van der Waals surface area contributed by atoms with Crippen molar-refractivity contribution in [1.82, 2.24) is 0 Å². The number of ether oxygens (including phenoxy) is 3. The van der Waals surface area contributed by atoms with Crippen LogP contribution in [0.1, 0.15) is 57.6 Å². The summed E-state index contributed by atoms with van der Waals surface area (Å²) in [6, 6.07) is 8.42. The molecule has 156 valence electrons. The maximum atomic E-state index is 14.2. The first-order chi connectivity index (χ1) is 13.5. The third-order valence-corrected chi connectivity index (χ3v) is 5.09. The summed E-state index contributed by atoms with van der Waals surface area (Å²) in [5.41, 5.74) is 2.86. The highest BCUT2D eigenvalue weighted by Crippen LogP contribution is 2.36. The van der Waals surface area contributed by atoms with Gasteiger partial charge in [-0.3, -0.25) is 0 Å². The van der Waals surface area contributed by atoms with E-state index in [0.29, 0.717) is 25.0 Å². The molecule has 2 rings (SSSR count). The molecule has 0 amide bonds. The maximum absolute atomic E-state index is 14.2. The van der Waals surface area contributed by atoms with Crippen molar-refractivity contribution in [2.45, 2.75) is 65.8 Å². The molecule has 0 radical (unpaired) electrons. The van der Waals surface area contributed by atoms with Crippen LogP contribution in [0.3, 0.4) is 0 Å². The van der Waals surface area contributed by atoms with Gasteiger partial charge in [-0.25, -0.2) is 8.78 Å². The number of methoxy groups -OCH3 is 1. The zero-order valence-corrected chi connectivity index (χ0v) is 17.4. The topological polar surface area (TPSA) is 27.7 Å². The van der Waals surface area contributed by atoms with Crippen molar-refractivity contribution in [2.75, 3.05) is 13.7 Å². The molecule has 0 aromatic heterocycles. The number of rotatable bonds is 11. The van der Waals surface area contributed by atoms with E-state index in [4.69, 9.17) is 14.2 Å². The molecule has 5 heteroatoms. The third-order valence-electron chi connectivity index (χ3n) is 5.09. The lowest BCUT2D eigenvalue weighted by molar-refractivity contribution is -0.142. The molecule has 1 aromatic carbocycles. The first kappa shape index (κ1) is 22.6. The summed E-state index contributed by atoms with van der Waals surface area (Å²) < 4.78 is 44.4. The van der Waals surface area contributed by atoms with Crippen molar-refractivity contribution in [1.29, 1.82) is 0 Å². The molecular weight excluding hydrogens is 362 g/mol. The Bertz CT molecular complexity index is 680. The van der Waals surface area contributed by atoms with Crippen molar-refractivity contribution in [3.63, 3.8) is 0 Å². The summed E-state index contributed by atoms with van der Waals surface area (Å²) in [5.74, 6) is -1.85. The van der Waals surface area contributed by atoms with Crippen LogP contribution in [0.4, 0.5) is 8.78 Å². The summed E-state index contributed by atoms with van der Waals surface area (Å²) in [6.07, 6.45) is 3.87. The molecule has 28 heavy (non-hydrogen) atoms. The molecule has 0 N–H and O–H groups in total. The fraction of sp³-hybridized carbons (Fsp3) is 0.565. The lowest BCUT2D eigenvalue weighted by Crippen LogP contribution is -2.20. The lowest BCUT2D eigenvalue weighted by atomic mass is 9.92. The second kappa shape index (κ2) is 11.3. The van der Waals surface area contributed by atoms with E-state index in [1.54, 1.807) is 0 Å². The average molecular weight is 395 g/mol. The number of aryl methyl sites for hydroxylation is 1. The van der Waals surface area contributed by atoms with Crippen LogP contribution in [-0.2, 0) is 27.2 Å². The number of hydrogen-bond donors (Lipinski definition) is 0. The molecule has 0 aliphatic heterocycles. The smallest absolute Gasteiger partial charge is 0.196 e. The van der Waals surface area contributed by atoms with Gasteiger partial charge in [-0.05, 0) is 42.9 Å². The maximum Gasteiger partial charge on any atom is 0.196 e. The summed E-state index contributed by atoms with van der Waals surface area (Å²) in [5, 5.41) is 0. The molecule has 1 aliphatic rings. The van der Waals surface area contributed by atoms with Crippen LogP contribution >= 0.6 is 0 Å². The molecule has 0 saturated carbocycles. The van der Waals surface area contributed by atoms with Crippen LogP contribution in [0.2, 0.25) is 0 Å². The number of unbranched alkanes of at least 4 members (excludes halogenated alkanes) is 1. The van der Waals surface area contributed by atoms with Gasteiger partial charge in [-0.2, -0.15) is 0 Å². The molecule has 0 bridgehead atoms. The molecular formula is C23H32F2O3. The third kappa shape index (κ3) is 6.42. The second-order valence-corrected chi connectivity index (χ2v) is 7.31. The Morgan fingerprint density at radius 3 is 2.29 bits per heavy atom. The Kier molecular flexibility index (Phi) is 9.13. The SMILES string of the molecule is CCCCc1ccc(COC(C)OCC(C)C2=C(F)C(F)=C(OC)CC2)cc1. The van der Waals surface area contributed by atoms with E-state index >= 15 is 0 Å². The summed E-state index contributed by atoms with van der Waals surface area (Å²) in [6.45, 7) is 6.57. The van der Waals surface area contributed by atoms with Gasteiger partial charge in [0, 0.05) is 12.3 Å². The zero-order chi connectivity index (χ0) is 20.5. The van der Waals surface area contributed by atoms with E-state index in [0.717, 1.165) is 12.0 Å². The predicted octanol–water partition coefficient (Wildman–Crippen LogP) is 6.39. The Labute approximate surface area is 167 Å². The lowest BCUT2D eigenvalue weighted by Gasteiger charge is -2.23. The van der Waals surface area contributed by atoms with Crippen molar-refractivity contribution >= 4 is 0 Å². The van der Waals surface area contributed by atoms with Crippen LogP contribution < -0.4 is 0 Å². The number of hydrogen-bond acceptors (Lipinski definition) is 3. The summed E-state index contributed by atoms with van der Waals surface area (Å²) in [7, 11) is 1.36. The minimum Gasteiger partial charge on any atom is -0.498 e. The van der Waals surface area contributed by atoms with Crippen LogP contribution in [0, 0.1) is 5.92 Å². The fourth-order valence-electron chi connectivity index (χ4n) is 3.21. The van der Waals surface area contributed by atoms with Gasteiger partial charge in [0.05, 0.1) is 20.3 Å². The van der Waals surface area contributed by atoms with E-state index in [1.165, 1.54) is 25.5 Å². The van der Waals surface area contributed by atoms with Gasteiger partial charge < -0.3 is 14.2 Å². The number of halogens is 2. The Morgan fingerprint density at radius 1 is 0.964 bits per heavy atom. The van der Waals surface area contributed by atoms with Gasteiger partial charge in [0.2, 0.25) is 0 Å². The Morgan fingerprint density at radius 2 is 1.64 bits per heavy atom. The van der Waals surface area contributed by atoms with Crippen LogP contribution in [-0.4, -0.2) is 20.0 Å².